The summed E-state index contributed by atoms with van der Waals surface area (Å²) in [6.07, 6.45) is 1.95. The monoisotopic (exact) mass is 233 g/mol. The summed E-state index contributed by atoms with van der Waals surface area (Å²) in [5.74, 6) is 0. The highest BCUT2D eigenvalue weighted by Crippen LogP contribution is 2.12. The molecule has 0 aliphatic heterocycles. The quantitative estimate of drug-likeness (QED) is 0.880. The van der Waals surface area contributed by atoms with Crippen LogP contribution in [0.25, 0.3) is 0 Å². The highest BCUT2D eigenvalue weighted by molar-refractivity contribution is 7.09. The minimum absolute atomic E-state index is 0.115. The van der Waals surface area contributed by atoms with E-state index in [2.05, 4.69) is 22.5 Å². The van der Waals surface area contributed by atoms with Crippen molar-refractivity contribution in [3.63, 3.8) is 0 Å². The summed E-state index contributed by atoms with van der Waals surface area (Å²) in [4.78, 5) is 4.44. The largest absolute Gasteiger partial charge is 0.392 e. The number of aryl methyl sites for hydroxylation is 3. The zero-order valence-corrected chi connectivity index (χ0v) is 10.1. The van der Waals surface area contributed by atoms with Gasteiger partial charge in [-0.3, -0.25) is 0 Å². The summed E-state index contributed by atoms with van der Waals surface area (Å²) in [6.45, 7) is 2.14. The smallest absolute Gasteiger partial charge is 0.0897 e. The molecule has 0 saturated heterocycles. The first-order valence-corrected chi connectivity index (χ1v) is 6.25. The molecule has 2 aromatic rings. The number of rotatable bonds is 4. The van der Waals surface area contributed by atoms with Crippen molar-refractivity contribution in [1.29, 1.82) is 0 Å². The van der Waals surface area contributed by atoms with Gasteiger partial charge in [0.2, 0.25) is 0 Å². The lowest BCUT2D eigenvalue weighted by atomic mass is 10.1. The molecule has 0 atom stereocenters. The van der Waals surface area contributed by atoms with Gasteiger partial charge in [0, 0.05) is 5.38 Å². The SMILES string of the molecule is Cc1nc(CCc2cccc(CO)c2)cs1. The Morgan fingerprint density at radius 3 is 2.75 bits per heavy atom. The van der Waals surface area contributed by atoms with Gasteiger partial charge >= 0.3 is 0 Å². The summed E-state index contributed by atoms with van der Waals surface area (Å²) in [7, 11) is 0. The van der Waals surface area contributed by atoms with Crippen molar-refractivity contribution in [2.75, 3.05) is 0 Å². The van der Waals surface area contributed by atoms with Crippen LogP contribution in [0, 0.1) is 6.92 Å². The van der Waals surface area contributed by atoms with Gasteiger partial charge < -0.3 is 5.11 Å². The highest BCUT2D eigenvalue weighted by Gasteiger charge is 2.00. The molecule has 0 radical (unpaired) electrons. The fourth-order valence-electron chi connectivity index (χ4n) is 1.68. The van der Waals surface area contributed by atoms with Crippen molar-refractivity contribution in [1.82, 2.24) is 4.98 Å². The third-order valence-corrected chi connectivity index (χ3v) is 3.33. The number of thiazole rings is 1. The molecule has 0 saturated carbocycles. The van der Waals surface area contributed by atoms with Crippen molar-refractivity contribution >= 4 is 11.3 Å². The predicted octanol–water partition coefficient (Wildman–Crippen LogP) is 2.73. The first-order chi connectivity index (χ1) is 7.78. The third-order valence-electron chi connectivity index (χ3n) is 2.51. The maximum absolute atomic E-state index is 9.04. The zero-order valence-electron chi connectivity index (χ0n) is 9.31. The fourth-order valence-corrected chi connectivity index (χ4v) is 2.33. The second-order valence-electron chi connectivity index (χ2n) is 3.84. The average molecular weight is 233 g/mol. The molecule has 3 heteroatoms. The zero-order chi connectivity index (χ0) is 11.4. The molecular formula is C13H15NOS. The lowest BCUT2D eigenvalue weighted by molar-refractivity contribution is 0.281. The Hall–Kier alpha value is -1.19. The Labute approximate surface area is 99.6 Å². The van der Waals surface area contributed by atoms with Gasteiger partial charge in [-0.1, -0.05) is 24.3 Å². The van der Waals surface area contributed by atoms with E-state index in [4.69, 9.17) is 5.11 Å². The summed E-state index contributed by atoms with van der Waals surface area (Å²) >= 11 is 1.70. The van der Waals surface area contributed by atoms with Gasteiger partial charge in [0.25, 0.3) is 0 Å². The van der Waals surface area contributed by atoms with Crippen LogP contribution in [-0.4, -0.2) is 10.1 Å². The van der Waals surface area contributed by atoms with E-state index < -0.39 is 0 Å². The summed E-state index contributed by atoms with van der Waals surface area (Å²) < 4.78 is 0. The van der Waals surface area contributed by atoms with Crippen LogP contribution in [0.1, 0.15) is 21.8 Å². The maximum Gasteiger partial charge on any atom is 0.0897 e. The Morgan fingerprint density at radius 2 is 2.06 bits per heavy atom. The Kier molecular flexibility index (Phi) is 3.70. The number of hydrogen-bond acceptors (Lipinski definition) is 3. The third kappa shape index (κ3) is 2.90. The van der Waals surface area contributed by atoms with E-state index in [-0.39, 0.29) is 6.61 Å². The van der Waals surface area contributed by atoms with Crippen LogP contribution in [0.2, 0.25) is 0 Å². The molecule has 0 spiro atoms. The minimum atomic E-state index is 0.115. The summed E-state index contributed by atoms with van der Waals surface area (Å²) in [5, 5.41) is 12.3. The van der Waals surface area contributed by atoms with E-state index in [0.717, 1.165) is 29.1 Å². The molecule has 1 heterocycles. The number of aliphatic hydroxyl groups is 1. The lowest BCUT2D eigenvalue weighted by Crippen LogP contribution is -1.93. The number of nitrogens with zero attached hydrogens (tertiary/aromatic N) is 1. The highest BCUT2D eigenvalue weighted by atomic mass is 32.1. The standard InChI is InChI=1S/C13H15NOS/c1-10-14-13(9-16-10)6-5-11-3-2-4-12(7-11)8-15/h2-4,7,9,15H,5-6,8H2,1H3. The van der Waals surface area contributed by atoms with Gasteiger partial charge in [-0.2, -0.15) is 0 Å². The van der Waals surface area contributed by atoms with Gasteiger partial charge in [0.15, 0.2) is 0 Å². The van der Waals surface area contributed by atoms with Crippen molar-refractivity contribution in [2.24, 2.45) is 0 Å². The van der Waals surface area contributed by atoms with Crippen molar-refractivity contribution in [2.45, 2.75) is 26.4 Å². The summed E-state index contributed by atoms with van der Waals surface area (Å²) in [6, 6.07) is 8.08. The molecule has 0 aliphatic rings. The lowest BCUT2D eigenvalue weighted by Gasteiger charge is -2.02. The second kappa shape index (κ2) is 5.23. The first kappa shape index (κ1) is 11.3. The van der Waals surface area contributed by atoms with E-state index in [1.807, 2.05) is 19.1 Å². The van der Waals surface area contributed by atoms with Gasteiger partial charge in [-0.15, -0.1) is 11.3 Å². The van der Waals surface area contributed by atoms with E-state index >= 15 is 0 Å². The number of aliphatic hydroxyl groups excluding tert-OH is 1. The van der Waals surface area contributed by atoms with E-state index in [9.17, 15) is 0 Å². The van der Waals surface area contributed by atoms with Gasteiger partial charge in [0.1, 0.15) is 0 Å². The van der Waals surface area contributed by atoms with Crippen LogP contribution in [-0.2, 0) is 19.4 Å². The molecule has 0 unspecified atom stereocenters. The van der Waals surface area contributed by atoms with Crippen LogP contribution < -0.4 is 0 Å². The molecule has 0 bridgehead atoms. The van der Waals surface area contributed by atoms with Gasteiger partial charge in [0.05, 0.1) is 17.3 Å². The van der Waals surface area contributed by atoms with E-state index in [0.29, 0.717) is 0 Å². The normalized spacial score (nSPS) is 10.6. The predicted molar refractivity (Wildman–Crippen MR) is 66.6 cm³/mol. The molecule has 84 valence electrons. The fraction of sp³-hybridized carbons (Fsp3) is 0.308. The number of benzene rings is 1. The minimum Gasteiger partial charge on any atom is -0.392 e. The molecule has 2 nitrogen and oxygen atoms in total. The van der Waals surface area contributed by atoms with Gasteiger partial charge in [-0.05, 0) is 30.9 Å². The maximum atomic E-state index is 9.04. The van der Waals surface area contributed by atoms with Gasteiger partial charge in [-0.25, -0.2) is 4.98 Å². The van der Waals surface area contributed by atoms with Crippen LogP contribution in [0.3, 0.4) is 0 Å². The molecule has 2 rings (SSSR count). The van der Waals surface area contributed by atoms with Crippen LogP contribution >= 0.6 is 11.3 Å². The van der Waals surface area contributed by atoms with E-state index in [1.54, 1.807) is 11.3 Å². The summed E-state index contributed by atoms with van der Waals surface area (Å²) in [5.41, 5.74) is 3.40. The molecule has 0 amide bonds. The van der Waals surface area contributed by atoms with E-state index in [1.165, 1.54) is 5.56 Å². The Morgan fingerprint density at radius 1 is 1.25 bits per heavy atom. The molecule has 0 aliphatic carbocycles. The molecule has 16 heavy (non-hydrogen) atoms. The van der Waals surface area contributed by atoms with Crippen molar-refractivity contribution < 1.29 is 5.11 Å². The molecule has 1 N–H and O–H groups in total. The Bertz CT molecular complexity index is 464. The molecule has 1 aromatic carbocycles. The van der Waals surface area contributed by atoms with Crippen LogP contribution in [0.15, 0.2) is 29.6 Å². The topological polar surface area (TPSA) is 33.1 Å². The molecule has 1 aromatic heterocycles. The number of hydrogen-bond donors (Lipinski definition) is 1. The van der Waals surface area contributed by atoms with Crippen molar-refractivity contribution in [3.8, 4) is 0 Å². The second-order valence-corrected chi connectivity index (χ2v) is 4.90. The van der Waals surface area contributed by atoms with Crippen LogP contribution in [0.5, 0.6) is 0 Å². The van der Waals surface area contributed by atoms with Crippen LogP contribution in [0.4, 0.5) is 0 Å². The molecular weight excluding hydrogens is 218 g/mol. The number of aromatic nitrogens is 1. The first-order valence-electron chi connectivity index (χ1n) is 5.37. The average Bonchev–Trinajstić information content (AvgIpc) is 2.73. The molecule has 0 fully saturated rings. The Balaban J connectivity index is 1.99. The van der Waals surface area contributed by atoms with Crippen molar-refractivity contribution in [3.05, 3.63) is 51.5 Å².